The van der Waals surface area contributed by atoms with E-state index in [9.17, 15) is 0 Å². The molecule has 0 nitrogen and oxygen atoms in total. The number of hydrogen-bond acceptors (Lipinski definition) is 0. The molecule has 0 aliphatic heterocycles. The second-order valence-electron chi connectivity index (χ2n) is 9.76. The van der Waals surface area contributed by atoms with Gasteiger partial charge in [-0.3, -0.25) is 0 Å². The molecule has 0 aliphatic carbocycles. The Morgan fingerprint density at radius 1 is 0.556 bits per heavy atom. The predicted octanol–water partition coefficient (Wildman–Crippen LogP) is 9.50. The summed E-state index contributed by atoms with van der Waals surface area (Å²) in [6, 6.07) is 37.9. The summed E-state index contributed by atoms with van der Waals surface area (Å²) in [4.78, 5) is 0. The van der Waals surface area contributed by atoms with Gasteiger partial charge in [-0.2, -0.15) is 0 Å². The molecule has 0 spiro atoms. The molecule has 0 saturated carbocycles. The molecular formula is C36H38. The third kappa shape index (κ3) is 7.95. The van der Waals surface area contributed by atoms with E-state index < -0.39 is 0 Å². The van der Waals surface area contributed by atoms with Gasteiger partial charge in [0.05, 0.1) is 0 Å². The van der Waals surface area contributed by atoms with Crippen molar-refractivity contribution in [2.45, 2.75) is 51.9 Å². The molecule has 0 bridgehead atoms. The van der Waals surface area contributed by atoms with Gasteiger partial charge in [0.25, 0.3) is 0 Å². The summed E-state index contributed by atoms with van der Waals surface area (Å²) >= 11 is 0. The van der Waals surface area contributed by atoms with Gasteiger partial charge in [0, 0.05) is 0 Å². The van der Waals surface area contributed by atoms with Crippen LogP contribution in [0.15, 0.2) is 115 Å². The van der Waals surface area contributed by atoms with Gasteiger partial charge >= 0.3 is 0 Å². The number of rotatable bonds is 11. The zero-order valence-corrected chi connectivity index (χ0v) is 21.7. The van der Waals surface area contributed by atoms with Gasteiger partial charge in [-0.25, -0.2) is 0 Å². The molecule has 0 amide bonds. The standard InChI is InChI=1S/C36H38/c1-3-4-6-9-30-12-14-31(15-13-30)16-17-32-18-20-33(21-19-32)22-23-34-24-26-35(27-25-34)28-29(2)36-10-7-5-8-11-36/h3-5,7-8,10-21,24-27,29H,6,9,22-23,28H2,1-2H3/b4-3+,17-16?/t29-/m1/s1. The van der Waals surface area contributed by atoms with E-state index >= 15 is 0 Å². The third-order valence-electron chi connectivity index (χ3n) is 6.90. The van der Waals surface area contributed by atoms with Crippen LogP contribution in [-0.4, -0.2) is 0 Å². The van der Waals surface area contributed by atoms with E-state index in [1.807, 2.05) is 0 Å². The monoisotopic (exact) mass is 470 g/mol. The highest BCUT2D eigenvalue weighted by molar-refractivity contribution is 5.69. The van der Waals surface area contributed by atoms with Crippen molar-refractivity contribution in [2.24, 2.45) is 0 Å². The van der Waals surface area contributed by atoms with Crippen molar-refractivity contribution in [1.82, 2.24) is 0 Å². The SMILES string of the molecule is C/C=C/CCc1ccc(C=Cc2ccc(CCc3ccc(C[C@@H](C)c4ccccc4)cc3)cc2)cc1. The van der Waals surface area contributed by atoms with Gasteiger partial charge in [0.1, 0.15) is 0 Å². The van der Waals surface area contributed by atoms with Crippen molar-refractivity contribution >= 4 is 12.2 Å². The lowest BCUT2D eigenvalue weighted by atomic mass is 9.93. The predicted molar refractivity (Wildman–Crippen MR) is 157 cm³/mol. The van der Waals surface area contributed by atoms with E-state index in [0.717, 1.165) is 32.1 Å². The topological polar surface area (TPSA) is 0 Å². The van der Waals surface area contributed by atoms with Crippen LogP contribution in [0.5, 0.6) is 0 Å². The molecule has 0 fully saturated rings. The lowest BCUT2D eigenvalue weighted by Gasteiger charge is -2.12. The molecule has 0 radical (unpaired) electrons. The van der Waals surface area contributed by atoms with Crippen molar-refractivity contribution in [3.63, 3.8) is 0 Å². The first kappa shape index (κ1) is 25.5. The Balaban J connectivity index is 1.24. The van der Waals surface area contributed by atoms with Crippen LogP contribution in [0.2, 0.25) is 0 Å². The maximum Gasteiger partial charge on any atom is -0.0150 e. The van der Waals surface area contributed by atoms with Crippen molar-refractivity contribution in [3.8, 4) is 0 Å². The van der Waals surface area contributed by atoms with Gasteiger partial charge in [0.15, 0.2) is 0 Å². The summed E-state index contributed by atoms with van der Waals surface area (Å²) in [5, 5.41) is 0. The first-order valence-electron chi connectivity index (χ1n) is 13.3. The molecule has 4 aromatic rings. The number of hydrogen-bond donors (Lipinski definition) is 0. The van der Waals surface area contributed by atoms with Crippen LogP contribution >= 0.6 is 0 Å². The van der Waals surface area contributed by atoms with E-state index in [2.05, 4.69) is 141 Å². The Morgan fingerprint density at radius 2 is 1.03 bits per heavy atom. The minimum absolute atomic E-state index is 0.539. The van der Waals surface area contributed by atoms with Crippen molar-refractivity contribution in [3.05, 3.63) is 154 Å². The molecule has 182 valence electrons. The smallest absolute Gasteiger partial charge is 0.0150 e. The molecule has 0 heterocycles. The Morgan fingerprint density at radius 3 is 1.56 bits per heavy atom. The third-order valence-corrected chi connectivity index (χ3v) is 6.90. The molecule has 36 heavy (non-hydrogen) atoms. The van der Waals surface area contributed by atoms with Crippen LogP contribution < -0.4 is 0 Å². The second kappa shape index (κ2) is 13.4. The van der Waals surface area contributed by atoms with Crippen LogP contribution in [0.3, 0.4) is 0 Å². The summed E-state index contributed by atoms with van der Waals surface area (Å²) < 4.78 is 0. The largest absolute Gasteiger partial charge is 0.0917 e. The highest BCUT2D eigenvalue weighted by Gasteiger charge is 2.06. The first-order valence-corrected chi connectivity index (χ1v) is 13.3. The van der Waals surface area contributed by atoms with Crippen LogP contribution in [0.25, 0.3) is 12.2 Å². The summed E-state index contributed by atoms with van der Waals surface area (Å²) in [6.45, 7) is 4.39. The molecular weight excluding hydrogens is 432 g/mol. The summed E-state index contributed by atoms with van der Waals surface area (Å²) in [7, 11) is 0. The maximum atomic E-state index is 2.31. The summed E-state index contributed by atoms with van der Waals surface area (Å²) in [6.07, 6.45) is 14.2. The molecule has 4 aromatic carbocycles. The lowest BCUT2D eigenvalue weighted by molar-refractivity contribution is 0.758. The fraction of sp³-hybridized carbons (Fsp3) is 0.222. The van der Waals surface area contributed by atoms with Crippen molar-refractivity contribution in [1.29, 1.82) is 0 Å². The molecule has 0 aromatic heterocycles. The van der Waals surface area contributed by atoms with Crippen LogP contribution in [0.1, 0.15) is 65.1 Å². The molecule has 1 atom stereocenters. The fourth-order valence-corrected chi connectivity index (χ4v) is 4.58. The van der Waals surface area contributed by atoms with Gasteiger partial charge in [-0.05, 0) is 83.9 Å². The Bertz CT molecular complexity index is 1220. The van der Waals surface area contributed by atoms with Gasteiger partial charge in [-0.1, -0.05) is 134 Å². The summed E-state index contributed by atoms with van der Waals surface area (Å²) in [5.41, 5.74) is 9.50. The Labute approximate surface area is 218 Å². The second-order valence-corrected chi connectivity index (χ2v) is 9.76. The van der Waals surface area contributed by atoms with Crippen LogP contribution in [-0.2, 0) is 25.7 Å². The normalized spacial score (nSPS) is 12.4. The quantitative estimate of drug-likeness (QED) is 0.151. The van der Waals surface area contributed by atoms with Crippen LogP contribution in [0.4, 0.5) is 0 Å². The summed E-state index contributed by atoms with van der Waals surface area (Å²) in [5.74, 6) is 0.539. The number of allylic oxidation sites excluding steroid dienone is 2. The van der Waals surface area contributed by atoms with Gasteiger partial charge in [-0.15, -0.1) is 0 Å². The molecule has 0 saturated heterocycles. The molecule has 4 rings (SSSR count). The zero-order chi connectivity index (χ0) is 25.0. The van der Waals surface area contributed by atoms with E-state index in [4.69, 9.17) is 0 Å². The van der Waals surface area contributed by atoms with Gasteiger partial charge in [0.2, 0.25) is 0 Å². The minimum Gasteiger partial charge on any atom is -0.0917 e. The van der Waals surface area contributed by atoms with Crippen LogP contribution in [0, 0.1) is 0 Å². The zero-order valence-electron chi connectivity index (χ0n) is 21.7. The Hall–Kier alpha value is -3.64. The molecule has 0 aliphatic rings. The van der Waals surface area contributed by atoms with E-state index in [-0.39, 0.29) is 0 Å². The fourth-order valence-electron chi connectivity index (χ4n) is 4.58. The average Bonchev–Trinajstić information content (AvgIpc) is 2.93. The molecule has 0 unspecified atom stereocenters. The highest BCUT2D eigenvalue weighted by Crippen LogP contribution is 2.21. The molecule has 0 N–H and O–H groups in total. The van der Waals surface area contributed by atoms with E-state index in [1.165, 1.54) is 38.9 Å². The maximum absolute atomic E-state index is 2.31. The first-order chi connectivity index (χ1) is 17.7. The van der Waals surface area contributed by atoms with E-state index in [1.54, 1.807) is 0 Å². The van der Waals surface area contributed by atoms with E-state index in [0.29, 0.717) is 5.92 Å². The highest BCUT2D eigenvalue weighted by atomic mass is 14.1. The Kier molecular flexibility index (Phi) is 9.51. The number of aryl methyl sites for hydroxylation is 3. The van der Waals surface area contributed by atoms with Crippen molar-refractivity contribution < 1.29 is 0 Å². The van der Waals surface area contributed by atoms with Gasteiger partial charge < -0.3 is 0 Å². The van der Waals surface area contributed by atoms with Crippen molar-refractivity contribution in [2.75, 3.05) is 0 Å². The number of benzene rings is 4. The average molecular weight is 471 g/mol. The lowest BCUT2D eigenvalue weighted by Crippen LogP contribution is -1.99. The molecule has 0 heteroatoms. The minimum atomic E-state index is 0.539.